The zero-order valence-electron chi connectivity index (χ0n) is 13.1. The molecule has 0 bridgehead atoms. The summed E-state index contributed by atoms with van der Waals surface area (Å²) in [7, 11) is -3.38. The molecule has 1 fully saturated rings. The molecule has 0 amide bonds. The van der Waals surface area contributed by atoms with Gasteiger partial charge in [0, 0.05) is 12.6 Å². The van der Waals surface area contributed by atoms with E-state index in [0.717, 1.165) is 30.5 Å². The summed E-state index contributed by atoms with van der Waals surface area (Å²) < 4.78 is 31.4. The van der Waals surface area contributed by atoms with Crippen molar-refractivity contribution in [1.29, 1.82) is 0 Å². The molecule has 2 atom stereocenters. The second-order valence-electron chi connectivity index (χ2n) is 5.78. The van der Waals surface area contributed by atoms with Gasteiger partial charge in [0.05, 0.1) is 11.5 Å². The Morgan fingerprint density at radius 1 is 1.33 bits per heavy atom. The Morgan fingerprint density at radius 3 is 2.76 bits per heavy atom. The van der Waals surface area contributed by atoms with Crippen molar-refractivity contribution in [1.82, 2.24) is 5.32 Å². The fourth-order valence-electron chi connectivity index (χ4n) is 2.86. The molecule has 1 aliphatic heterocycles. The lowest BCUT2D eigenvalue weighted by Crippen LogP contribution is -2.50. The number of benzene rings is 1. The second kappa shape index (κ2) is 6.90. The molecule has 1 N–H and O–H groups in total. The van der Waals surface area contributed by atoms with Crippen molar-refractivity contribution < 1.29 is 13.2 Å². The number of sulfone groups is 1. The van der Waals surface area contributed by atoms with Crippen molar-refractivity contribution >= 4 is 9.84 Å². The number of hydrogen-bond acceptors (Lipinski definition) is 4. The van der Waals surface area contributed by atoms with Crippen LogP contribution >= 0.6 is 0 Å². The van der Waals surface area contributed by atoms with Crippen LogP contribution in [0.4, 0.5) is 0 Å². The van der Waals surface area contributed by atoms with E-state index in [-0.39, 0.29) is 12.6 Å². The summed E-state index contributed by atoms with van der Waals surface area (Å²) in [5, 5.41) is 2.87. The molecule has 0 aromatic heterocycles. The lowest BCUT2D eigenvalue weighted by atomic mass is 10.1. The van der Waals surface area contributed by atoms with Gasteiger partial charge in [-0.15, -0.1) is 0 Å². The van der Waals surface area contributed by atoms with Crippen LogP contribution in [0.25, 0.3) is 0 Å². The molecule has 0 radical (unpaired) electrons. The summed E-state index contributed by atoms with van der Waals surface area (Å²) in [5.74, 6) is 0. The van der Waals surface area contributed by atoms with Crippen molar-refractivity contribution in [3.8, 4) is 0 Å². The third kappa shape index (κ3) is 3.65. The molecule has 118 valence electrons. The molecule has 1 aromatic rings. The SMILES string of the molecule is CCCNC1CCOCC1S(=O)(=O)c1ccc(C)cc1C. The highest BCUT2D eigenvalue weighted by Gasteiger charge is 2.37. The minimum Gasteiger partial charge on any atom is -0.380 e. The lowest BCUT2D eigenvalue weighted by molar-refractivity contribution is 0.0808. The molecule has 5 heteroatoms. The third-order valence-corrected chi connectivity index (χ3v) is 6.33. The van der Waals surface area contributed by atoms with E-state index in [9.17, 15) is 8.42 Å². The highest BCUT2D eigenvalue weighted by molar-refractivity contribution is 7.92. The van der Waals surface area contributed by atoms with Gasteiger partial charge < -0.3 is 10.1 Å². The van der Waals surface area contributed by atoms with E-state index in [1.165, 1.54) is 0 Å². The smallest absolute Gasteiger partial charge is 0.185 e. The first-order valence-corrected chi connectivity index (χ1v) is 9.13. The number of nitrogens with one attached hydrogen (secondary N) is 1. The van der Waals surface area contributed by atoms with Crippen LogP contribution in [0.5, 0.6) is 0 Å². The fraction of sp³-hybridized carbons (Fsp3) is 0.625. The Hall–Kier alpha value is -0.910. The van der Waals surface area contributed by atoms with E-state index in [1.54, 1.807) is 6.07 Å². The highest BCUT2D eigenvalue weighted by Crippen LogP contribution is 2.26. The van der Waals surface area contributed by atoms with Crippen LogP contribution in [0, 0.1) is 13.8 Å². The Labute approximate surface area is 127 Å². The summed E-state index contributed by atoms with van der Waals surface area (Å²) >= 11 is 0. The van der Waals surface area contributed by atoms with Gasteiger partial charge in [-0.05, 0) is 44.9 Å². The molecular formula is C16H25NO3S. The Kier molecular flexibility index (Phi) is 5.41. The van der Waals surface area contributed by atoms with Crippen LogP contribution in [0.1, 0.15) is 30.9 Å². The monoisotopic (exact) mass is 311 g/mol. The van der Waals surface area contributed by atoms with Gasteiger partial charge >= 0.3 is 0 Å². The normalized spacial score (nSPS) is 23.2. The van der Waals surface area contributed by atoms with Gasteiger partial charge in [0.25, 0.3) is 0 Å². The third-order valence-electron chi connectivity index (χ3n) is 4.00. The molecule has 1 aliphatic rings. The van der Waals surface area contributed by atoms with E-state index in [4.69, 9.17) is 4.74 Å². The van der Waals surface area contributed by atoms with Crippen LogP contribution in [0.2, 0.25) is 0 Å². The van der Waals surface area contributed by atoms with Crippen molar-refractivity contribution in [2.45, 2.75) is 49.8 Å². The average molecular weight is 311 g/mol. The van der Waals surface area contributed by atoms with Crippen molar-refractivity contribution in [3.05, 3.63) is 29.3 Å². The molecule has 0 aliphatic carbocycles. The topological polar surface area (TPSA) is 55.4 Å². The van der Waals surface area contributed by atoms with Crippen LogP contribution in [0.15, 0.2) is 23.1 Å². The van der Waals surface area contributed by atoms with Gasteiger partial charge in [0.1, 0.15) is 5.25 Å². The average Bonchev–Trinajstić information content (AvgIpc) is 2.45. The first-order chi connectivity index (χ1) is 9.96. The number of ether oxygens (including phenoxy) is 1. The van der Waals surface area contributed by atoms with E-state index in [0.29, 0.717) is 11.5 Å². The first-order valence-electron chi connectivity index (χ1n) is 7.59. The predicted octanol–water partition coefficient (Wildman–Crippen LogP) is 2.23. The largest absolute Gasteiger partial charge is 0.380 e. The molecule has 2 rings (SSSR count). The van der Waals surface area contributed by atoms with Crippen LogP contribution in [-0.4, -0.2) is 39.5 Å². The van der Waals surface area contributed by atoms with E-state index in [1.807, 2.05) is 26.0 Å². The summed E-state index contributed by atoms with van der Waals surface area (Å²) in [6.07, 6.45) is 1.74. The maximum atomic E-state index is 13.0. The molecule has 0 saturated carbocycles. The summed E-state index contributed by atoms with van der Waals surface area (Å²) in [6.45, 7) is 7.65. The molecule has 21 heavy (non-hydrogen) atoms. The fourth-order valence-corrected chi connectivity index (χ4v) is 4.89. The maximum absolute atomic E-state index is 13.0. The van der Waals surface area contributed by atoms with E-state index >= 15 is 0 Å². The molecule has 1 aromatic carbocycles. The minimum atomic E-state index is -3.38. The Balaban J connectivity index is 2.31. The van der Waals surface area contributed by atoms with Gasteiger partial charge in [-0.3, -0.25) is 0 Å². The van der Waals surface area contributed by atoms with Gasteiger partial charge in [-0.25, -0.2) is 8.42 Å². The molecule has 1 saturated heterocycles. The summed E-state index contributed by atoms with van der Waals surface area (Å²) in [6, 6.07) is 5.48. The van der Waals surface area contributed by atoms with Crippen LogP contribution in [0.3, 0.4) is 0 Å². The standard InChI is InChI=1S/C16H25NO3S/c1-4-8-17-14-7-9-20-11-16(14)21(18,19)15-6-5-12(2)10-13(15)3/h5-6,10,14,16-17H,4,7-9,11H2,1-3H3. The van der Waals surface area contributed by atoms with Gasteiger partial charge in [0.2, 0.25) is 0 Å². The van der Waals surface area contributed by atoms with Crippen molar-refractivity contribution in [2.75, 3.05) is 19.8 Å². The van der Waals surface area contributed by atoms with Gasteiger partial charge in [-0.1, -0.05) is 24.6 Å². The van der Waals surface area contributed by atoms with Gasteiger partial charge in [0.15, 0.2) is 9.84 Å². The van der Waals surface area contributed by atoms with Gasteiger partial charge in [-0.2, -0.15) is 0 Å². The second-order valence-corrected chi connectivity index (χ2v) is 7.91. The minimum absolute atomic E-state index is 0.0237. The highest BCUT2D eigenvalue weighted by atomic mass is 32.2. The van der Waals surface area contributed by atoms with Crippen LogP contribution < -0.4 is 5.32 Å². The summed E-state index contributed by atoms with van der Waals surface area (Å²) in [4.78, 5) is 0.437. The Bertz CT molecular complexity index is 583. The maximum Gasteiger partial charge on any atom is 0.185 e. The Morgan fingerprint density at radius 2 is 2.10 bits per heavy atom. The molecule has 4 nitrogen and oxygen atoms in total. The van der Waals surface area contributed by atoms with Crippen LogP contribution in [-0.2, 0) is 14.6 Å². The number of rotatable bonds is 5. The quantitative estimate of drug-likeness (QED) is 0.906. The lowest BCUT2D eigenvalue weighted by Gasteiger charge is -2.32. The van der Waals surface area contributed by atoms with Crippen molar-refractivity contribution in [2.24, 2.45) is 0 Å². The number of hydrogen-bond donors (Lipinski definition) is 1. The molecule has 0 spiro atoms. The molecular weight excluding hydrogens is 286 g/mol. The van der Waals surface area contributed by atoms with E-state index < -0.39 is 15.1 Å². The first kappa shape index (κ1) is 16.5. The number of aryl methyl sites for hydroxylation is 2. The summed E-state index contributed by atoms with van der Waals surface area (Å²) in [5.41, 5.74) is 1.89. The molecule has 2 unspecified atom stereocenters. The van der Waals surface area contributed by atoms with Crippen molar-refractivity contribution in [3.63, 3.8) is 0 Å². The zero-order valence-corrected chi connectivity index (χ0v) is 13.9. The predicted molar refractivity (Wildman–Crippen MR) is 84.4 cm³/mol. The zero-order chi connectivity index (χ0) is 15.5. The molecule has 1 heterocycles. The van der Waals surface area contributed by atoms with E-state index in [2.05, 4.69) is 12.2 Å².